The minimum absolute atomic E-state index is 0.474. The monoisotopic (exact) mass is 245 g/mol. The second kappa shape index (κ2) is 4.18. The standard InChI is InChI=1S/C7H8BrN3O2/c1-4(13-7(9)12)5-2-3-6(8)11-10-5/h2-4H,1H3,(H2,9,12). The second-order valence-corrected chi connectivity index (χ2v) is 3.17. The lowest BCUT2D eigenvalue weighted by Crippen LogP contribution is -2.16. The molecule has 5 nitrogen and oxygen atoms in total. The summed E-state index contributed by atoms with van der Waals surface area (Å²) in [5.74, 6) is 0. The summed E-state index contributed by atoms with van der Waals surface area (Å²) in [5, 5.41) is 7.54. The van der Waals surface area contributed by atoms with E-state index in [4.69, 9.17) is 10.5 Å². The molecule has 0 radical (unpaired) electrons. The fourth-order valence-electron chi connectivity index (χ4n) is 0.778. The fourth-order valence-corrected chi connectivity index (χ4v) is 0.989. The molecule has 0 aliphatic carbocycles. The Morgan fingerprint density at radius 1 is 1.62 bits per heavy atom. The van der Waals surface area contributed by atoms with Gasteiger partial charge in [-0.3, -0.25) is 0 Å². The molecule has 6 heteroatoms. The van der Waals surface area contributed by atoms with Gasteiger partial charge in [0.25, 0.3) is 0 Å². The normalized spacial score (nSPS) is 12.2. The van der Waals surface area contributed by atoms with E-state index >= 15 is 0 Å². The SMILES string of the molecule is CC(OC(N)=O)c1ccc(Br)nn1. The van der Waals surface area contributed by atoms with Crippen LogP contribution >= 0.6 is 15.9 Å². The van der Waals surface area contributed by atoms with Crippen LogP contribution < -0.4 is 5.73 Å². The molecule has 0 aliphatic heterocycles. The van der Waals surface area contributed by atoms with E-state index in [9.17, 15) is 4.79 Å². The van der Waals surface area contributed by atoms with Crippen molar-refractivity contribution in [2.24, 2.45) is 5.73 Å². The van der Waals surface area contributed by atoms with Crippen LogP contribution in [0.2, 0.25) is 0 Å². The zero-order valence-corrected chi connectivity index (χ0v) is 8.48. The molecule has 1 heterocycles. The molecular formula is C7H8BrN3O2. The van der Waals surface area contributed by atoms with Gasteiger partial charge >= 0.3 is 6.09 Å². The van der Waals surface area contributed by atoms with Crippen molar-refractivity contribution in [3.8, 4) is 0 Å². The summed E-state index contributed by atoms with van der Waals surface area (Å²) >= 11 is 3.14. The number of ether oxygens (including phenoxy) is 1. The largest absolute Gasteiger partial charge is 0.440 e. The molecule has 1 rings (SSSR count). The quantitative estimate of drug-likeness (QED) is 0.855. The Hall–Kier alpha value is -1.17. The minimum Gasteiger partial charge on any atom is -0.440 e. The van der Waals surface area contributed by atoms with Gasteiger partial charge in [-0.2, -0.15) is 5.10 Å². The number of primary amides is 1. The molecule has 0 bridgehead atoms. The van der Waals surface area contributed by atoms with E-state index in [-0.39, 0.29) is 0 Å². The van der Waals surface area contributed by atoms with Gasteiger partial charge in [0.05, 0.1) is 0 Å². The van der Waals surface area contributed by atoms with Crippen molar-refractivity contribution in [1.29, 1.82) is 0 Å². The van der Waals surface area contributed by atoms with Gasteiger partial charge < -0.3 is 10.5 Å². The van der Waals surface area contributed by atoms with E-state index in [1.54, 1.807) is 19.1 Å². The van der Waals surface area contributed by atoms with Gasteiger partial charge in [0.15, 0.2) is 0 Å². The third-order valence-electron chi connectivity index (χ3n) is 1.36. The van der Waals surface area contributed by atoms with Crippen molar-refractivity contribution < 1.29 is 9.53 Å². The average molecular weight is 246 g/mol. The summed E-state index contributed by atoms with van der Waals surface area (Å²) in [6.45, 7) is 1.67. The molecule has 0 aliphatic rings. The molecular weight excluding hydrogens is 238 g/mol. The number of hydrogen-bond donors (Lipinski definition) is 1. The first kappa shape index (κ1) is 9.91. The summed E-state index contributed by atoms with van der Waals surface area (Å²) in [5.41, 5.74) is 5.40. The fraction of sp³-hybridized carbons (Fsp3) is 0.286. The van der Waals surface area contributed by atoms with Gasteiger partial charge in [0.1, 0.15) is 16.4 Å². The maximum absolute atomic E-state index is 10.4. The van der Waals surface area contributed by atoms with Crippen LogP contribution in [0.1, 0.15) is 18.7 Å². The number of nitrogens with two attached hydrogens (primary N) is 1. The Kier molecular flexibility index (Phi) is 3.18. The lowest BCUT2D eigenvalue weighted by atomic mass is 10.3. The highest BCUT2D eigenvalue weighted by molar-refractivity contribution is 9.10. The second-order valence-electron chi connectivity index (χ2n) is 2.36. The molecule has 0 aromatic carbocycles. The molecule has 0 spiro atoms. The highest BCUT2D eigenvalue weighted by Gasteiger charge is 2.10. The van der Waals surface area contributed by atoms with Crippen LogP contribution in [0.5, 0.6) is 0 Å². The number of hydrogen-bond acceptors (Lipinski definition) is 4. The molecule has 70 valence electrons. The van der Waals surface area contributed by atoms with E-state index in [2.05, 4.69) is 26.1 Å². The van der Waals surface area contributed by atoms with E-state index in [1.165, 1.54) is 0 Å². The predicted molar refractivity (Wildman–Crippen MR) is 48.8 cm³/mol. The third kappa shape index (κ3) is 2.98. The predicted octanol–water partition coefficient (Wildman–Crippen LogP) is 1.40. The van der Waals surface area contributed by atoms with Crippen LogP contribution in [0.3, 0.4) is 0 Å². The lowest BCUT2D eigenvalue weighted by molar-refractivity contribution is 0.114. The Morgan fingerprint density at radius 2 is 2.31 bits per heavy atom. The number of nitrogens with zero attached hydrogens (tertiary/aromatic N) is 2. The number of aromatic nitrogens is 2. The van der Waals surface area contributed by atoms with E-state index < -0.39 is 12.2 Å². The third-order valence-corrected chi connectivity index (χ3v) is 1.79. The summed E-state index contributed by atoms with van der Waals surface area (Å²) in [4.78, 5) is 10.4. The first-order valence-corrected chi connectivity index (χ1v) is 4.34. The van der Waals surface area contributed by atoms with Crippen LogP contribution in [-0.4, -0.2) is 16.3 Å². The van der Waals surface area contributed by atoms with Crippen LogP contribution in [0.25, 0.3) is 0 Å². The summed E-state index contributed by atoms with van der Waals surface area (Å²) < 4.78 is 5.32. The minimum atomic E-state index is -0.822. The molecule has 2 N–H and O–H groups in total. The van der Waals surface area contributed by atoms with Crippen LogP contribution in [0.15, 0.2) is 16.7 Å². The molecule has 1 unspecified atom stereocenters. The average Bonchev–Trinajstić information content (AvgIpc) is 2.04. The Bertz CT molecular complexity index is 301. The Morgan fingerprint density at radius 3 is 2.77 bits per heavy atom. The van der Waals surface area contributed by atoms with Crippen molar-refractivity contribution in [2.75, 3.05) is 0 Å². The molecule has 1 amide bonds. The van der Waals surface area contributed by atoms with Crippen molar-refractivity contribution in [3.63, 3.8) is 0 Å². The lowest BCUT2D eigenvalue weighted by Gasteiger charge is -2.09. The number of carbonyl (C=O) groups is 1. The molecule has 1 atom stereocenters. The van der Waals surface area contributed by atoms with E-state index in [0.29, 0.717) is 10.3 Å². The zero-order chi connectivity index (χ0) is 9.84. The van der Waals surface area contributed by atoms with Crippen molar-refractivity contribution in [2.45, 2.75) is 13.0 Å². The molecule has 1 aromatic rings. The summed E-state index contributed by atoms with van der Waals surface area (Å²) in [6, 6.07) is 3.41. The number of amides is 1. The maximum Gasteiger partial charge on any atom is 0.405 e. The van der Waals surface area contributed by atoms with Crippen LogP contribution in [0.4, 0.5) is 4.79 Å². The first-order valence-electron chi connectivity index (χ1n) is 3.55. The number of halogens is 1. The molecule has 13 heavy (non-hydrogen) atoms. The molecule has 1 aromatic heterocycles. The zero-order valence-electron chi connectivity index (χ0n) is 6.90. The van der Waals surface area contributed by atoms with Crippen molar-refractivity contribution in [3.05, 3.63) is 22.4 Å². The number of carbonyl (C=O) groups excluding carboxylic acids is 1. The van der Waals surface area contributed by atoms with Gasteiger partial charge in [0.2, 0.25) is 0 Å². The van der Waals surface area contributed by atoms with Gasteiger partial charge in [-0.05, 0) is 35.0 Å². The van der Waals surface area contributed by atoms with Gasteiger partial charge in [-0.25, -0.2) is 4.79 Å². The van der Waals surface area contributed by atoms with E-state index in [0.717, 1.165) is 0 Å². The Balaban J connectivity index is 2.71. The molecule has 0 saturated carbocycles. The van der Waals surface area contributed by atoms with Gasteiger partial charge in [-0.15, -0.1) is 5.10 Å². The highest BCUT2D eigenvalue weighted by atomic mass is 79.9. The summed E-state index contributed by atoms with van der Waals surface area (Å²) in [7, 11) is 0. The smallest absolute Gasteiger partial charge is 0.405 e. The van der Waals surface area contributed by atoms with Crippen molar-refractivity contribution in [1.82, 2.24) is 10.2 Å². The first-order chi connectivity index (χ1) is 6.09. The topological polar surface area (TPSA) is 78.1 Å². The Labute approximate surface area is 83.4 Å². The number of rotatable bonds is 2. The van der Waals surface area contributed by atoms with Crippen LogP contribution in [0, 0.1) is 0 Å². The maximum atomic E-state index is 10.4. The van der Waals surface area contributed by atoms with Crippen molar-refractivity contribution >= 4 is 22.0 Å². The highest BCUT2D eigenvalue weighted by Crippen LogP contribution is 2.14. The molecule has 0 fully saturated rings. The van der Waals surface area contributed by atoms with Gasteiger partial charge in [0, 0.05) is 0 Å². The van der Waals surface area contributed by atoms with Gasteiger partial charge in [-0.1, -0.05) is 0 Å². The van der Waals surface area contributed by atoms with E-state index in [1.807, 2.05) is 0 Å². The van der Waals surface area contributed by atoms with Crippen LogP contribution in [-0.2, 0) is 4.74 Å². The summed E-state index contributed by atoms with van der Waals surface area (Å²) in [6.07, 6.45) is -1.30. The molecule has 0 saturated heterocycles.